The Morgan fingerprint density at radius 3 is 2.50 bits per heavy atom. The zero-order valence-corrected chi connectivity index (χ0v) is 10.8. The second-order valence-corrected chi connectivity index (χ2v) is 5.35. The highest BCUT2D eigenvalue weighted by atomic mass is 16.5. The second kappa shape index (κ2) is 7.83. The lowest BCUT2D eigenvalue weighted by Gasteiger charge is -2.20. The molecule has 2 heteroatoms. The Kier molecular flexibility index (Phi) is 6.70. The lowest BCUT2D eigenvalue weighted by Crippen LogP contribution is -2.19. The van der Waals surface area contributed by atoms with Crippen molar-refractivity contribution < 1.29 is 9.53 Å². The van der Waals surface area contributed by atoms with Gasteiger partial charge in [0.05, 0.1) is 6.61 Å². The summed E-state index contributed by atoms with van der Waals surface area (Å²) in [4.78, 5) is 11.8. The van der Waals surface area contributed by atoms with E-state index in [2.05, 4.69) is 13.8 Å². The molecule has 0 heterocycles. The van der Waals surface area contributed by atoms with Gasteiger partial charge in [0.2, 0.25) is 0 Å². The van der Waals surface area contributed by atoms with Crippen LogP contribution in [0.25, 0.3) is 0 Å². The average molecular weight is 226 g/mol. The van der Waals surface area contributed by atoms with Crippen molar-refractivity contribution in [2.45, 2.75) is 58.8 Å². The summed E-state index contributed by atoms with van der Waals surface area (Å²) in [6.07, 6.45) is 7.75. The van der Waals surface area contributed by atoms with E-state index in [1.54, 1.807) is 0 Å². The van der Waals surface area contributed by atoms with Crippen molar-refractivity contribution in [1.29, 1.82) is 0 Å². The quantitative estimate of drug-likeness (QED) is 0.620. The van der Waals surface area contributed by atoms with Crippen LogP contribution in [0.5, 0.6) is 0 Å². The first-order chi connectivity index (χ1) is 7.70. The van der Waals surface area contributed by atoms with Gasteiger partial charge in [0.15, 0.2) is 0 Å². The molecule has 0 N–H and O–H groups in total. The number of ether oxygens (including phenoxy) is 1. The predicted molar refractivity (Wildman–Crippen MR) is 66.5 cm³/mol. The molecule has 1 aliphatic rings. The first-order valence-electron chi connectivity index (χ1n) is 6.80. The minimum absolute atomic E-state index is 0.349. The molecule has 0 aliphatic heterocycles. The van der Waals surface area contributed by atoms with Crippen LogP contribution in [0.2, 0.25) is 0 Å². The van der Waals surface area contributed by atoms with E-state index in [-0.39, 0.29) is 0 Å². The van der Waals surface area contributed by atoms with Gasteiger partial charge in [0.25, 0.3) is 0 Å². The molecule has 0 bridgehead atoms. The Bertz CT molecular complexity index is 193. The Balaban J connectivity index is 2.01. The Hall–Kier alpha value is -0.370. The van der Waals surface area contributed by atoms with Gasteiger partial charge in [-0.15, -0.1) is 0 Å². The van der Waals surface area contributed by atoms with Crippen LogP contribution in [0.15, 0.2) is 0 Å². The van der Waals surface area contributed by atoms with Crippen molar-refractivity contribution in [3.63, 3.8) is 0 Å². The van der Waals surface area contributed by atoms with Gasteiger partial charge in [-0.25, -0.2) is 0 Å². The van der Waals surface area contributed by atoms with E-state index in [1.165, 1.54) is 19.3 Å². The molecule has 1 aliphatic carbocycles. The first-order valence-corrected chi connectivity index (χ1v) is 6.80. The monoisotopic (exact) mass is 226 g/mol. The highest BCUT2D eigenvalue weighted by Crippen LogP contribution is 2.25. The third-order valence-corrected chi connectivity index (χ3v) is 3.39. The SMILES string of the molecule is CC(C)CCOCCC(=O)C1CCCCC1. The Morgan fingerprint density at radius 1 is 1.19 bits per heavy atom. The van der Waals surface area contributed by atoms with Gasteiger partial charge in [-0.1, -0.05) is 33.1 Å². The maximum absolute atomic E-state index is 11.8. The standard InChI is InChI=1S/C14H26O2/c1-12(2)8-10-16-11-9-14(15)13-6-4-3-5-7-13/h12-13H,3-11H2,1-2H3. The molecule has 94 valence electrons. The van der Waals surface area contributed by atoms with Gasteiger partial charge < -0.3 is 4.74 Å². The zero-order chi connectivity index (χ0) is 11.8. The number of rotatable bonds is 7. The molecule has 1 fully saturated rings. The van der Waals surface area contributed by atoms with Crippen molar-refractivity contribution in [3.8, 4) is 0 Å². The second-order valence-electron chi connectivity index (χ2n) is 5.35. The van der Waals surface area contributed by atoms with E-state index in [9.17, 15) is 4.79 Å². The fraction of sp³-hybridized carbons (Fsp3) is 0.929. The van der Waals surface area contributed by atoms with Crippen LogP contribution in [-0.4, -0.2) is 19.0 Å². The molecule has 0 saturated heterocycles. The van der Waals surface area contributed by atoms with E-state index >= 15 is 0 Å². The number of ketones is 1. The van der Waals surface area contributed by atoms with Crippen LogP contribution in [0.1, 0.15) is 58.8 Å². The van der Waals surface area contributed by atoms with Crippen molar-refractivity contribution in [2.24, 2.45) is 11.8 Å². The van der Waals surface area contributed by atoms with Gasteiger partial charge in [0.1, 0.15) is 5.78 Å². The number of hydrogen-bond donors (Lipinski definition) is 0. The number of Topliss-reactive ketones (excluding diaryl/α,β-unsaturated/α-hetero) is 1. The lowest BCUT2D eigenvalue weighted by molar-refractivity contribution is -0.124. The molecule has 1 saturated carbocycles. The van der Waals surface area contributed by atoms with Gasteiger partial charge in [0, 0.05) is 18.9 Å². The van der Waals surface area contributed by atoms with E-state index in [4.69, 9.17) is 4.74 Å². The lowest BCUT2D eigenvalue weighted by atomic mass is 9.85. The molecule has 0 aromatic rings. The summed E-state index contributed by atoms with van der Waals surface area (Å²) < 4.78 is 5.49. The minimum atomic E-state index is 0.349. The fourth-order valence-corrected chi connectivity index (χ4v) is 2.22. The summed E-state index contributed by atoms with van der Waals surface area (Å²) in [7, 11) is 0. The maximum Gasteiger partial charge on any atom is 0.138 e. The molecule has 2 nitrogen and oxygen atoms in total. The minimum Gasteiger partial charge on any atom is -0.381 e. The predicted octanol–water partition coefficient (Wildman–Crippen LogP) is 3.59. The number of carbonyl (C=O) groups excluding carboxylic acids is 1. The van der Waals surface area contributed by atoms with Crippen LogP contribution < -0.4 is 0 Å². The fourth-order valence-electron chi connectivity index (χ4n) is 2.22. The molecule has 0 atom stereocenters. The van der Waals surface area contributed by atoms with E-state index in [0.29, 0.717) is 30.6 Å². The normalized spacial score (nSPS) is 17.9. The summed E-state index contributed by atoms with van der Waals surface area (Å²) in [6.45, 7) is 5.81. The van der Waals surface area contributed by atoms with Gasteiger partial charge >= 0.3 is 0 Å². The summed E-state index contributed by atoms with van der Waals surface area (Å²) in [5.41, 5.74) is 0. The molecule has 0 amide bonds. The highest BCUT2D eigenvalue weighted by Gasteiger charge is 2.20. The van der Waals surface area contributed by atoms with Crippen molar-refractivity contribution in [1.82, 2.24) is 0 Å². The van der Waals surface area contributed by atoms with E-state index in [1.807, 2.05) is 0 Å². The van der Waals surface area contributed by atoms with E-state index < -0.39 is 0 Å². The Labute approximate surface area is 99.8 Å². The molecular weight excluding hydrogens is 200 g/mol. The molecule has 16 heavy (non-hydrogen) atoms. The Morgan fingerprint density at radius 2 is 1.88 bits per heavy atom. The van der Waals surface area contributed by atoms with Crippen molar-refractivity contribution in [2.75, 3.05) is 13.2 Å². The maximum atomic E-state index is 11.8. The van der Waals surface area contributed by atoms with Crippen molar-refractivity contribution in [3.05, 3.63) is 0 Å². The molecule has 0 spiro atoms. The van der Waals surface area contributed by atoms with Gasteiger partial charge in [-0.3, -0.25) is 4.79 Å². The summed E-state index contributed by atoms with van der Waals surface area (Å²) in [5.74, 6) is 1.47. The van der Waals surface area contributed by atoms with Gasteiger partial charge in [-0.05, 0) is 25.2 Å². The van der Waals surface area contributed by atoms with Gasteiger partial charge in [-0.2, -0.15) is 0 Å². The summed E-state index contributed by atoms with van der Waals surface area (Å²) in [6, 6.07) is 0. The summed E-state index contributed by atoms with van der Waals surface area (Å²) in [5, 5.41) is 0. The third kappa shape index (κ3) is 5.64. The average Bonchev–Trinajstić information content (AvgIpc) is 2.29. The van der Waals surface area contributed by atoms with Crippen LogP contribution >= 0.6 is 0 Å². The largest absolute Gasteiger partial charge is 0.381 e. The topological polar surface area (TPSA) is 26.3 Å². The molecule has 0 radical (unpaired) electrons. The third-order valence-electron chi connectivity index (χ3n) is 3.39. The first kappa shape index (κ1) is 13.7. The van der Waals surface area contributed by atoms with E-state index in [0.717, 1.165) is 25.9 Å². The number of carbonyl (C=O) groups is 1. The zero-order valence-electron chi connectivity index (χ0n) is 10.8. The van der Waals surface area contributed by atoms with Crippen LogP contribution in [0, 0.1) is 11.8 Å². The molecule has 1 rings (SSSR count). The molecule has 0 aromatic heterocycles. The van der Waals surface area contributed by atoms with Crippen LogP contribution in [0.4, 0.5) is 0 Å². The number of hydrogen-bond acceptors (Lipinski definition) is 2. The molecular formula is C14H26O2. The molecule has 0 unspecified atom stereocenters. The van der Waals surface area contributed by atoms with Crippen LogP contribution in [0.3, 0.4) is 0 Å². The smallest absolute Gasteiger partial charge is 0.138 e. The summed E-state index contributed by atoms with van der Waals surface area (Å²) >= 11 is 0. The van der Waals surface area contributed by atoms with Crippen LogP contribution in [-0.2, 0) is 9.53 Å². The molecule has 0 aromatic carbocycles. The highest BCUT2D eigenvalue weighted by molar-refractivity contribution is 5.81. The van der Waals surface area contributed by atoms with Crippen molar-refractivity contribution >= 4 is 5.78 Å².